The lowest BCUT2D eigenvalue weighted by Gasteiger charge is -2.19. The van der Waals surface area contributed by atoms with E-state index >= 15 is 0 Å². The SMILES string of the molecule is NC(=O)c1ccc(C(F)(F)F)n(CC(=O)NC(c2ccccc2)c2nccs2)c1=O. The third-order valence-corrected chi connectivity index (χ3v) is 5.01. The van der Waals surface area contributed by atoms with Crippen LogP contribution in [0.5, 0.6) is 0 Å². The van der Waals surface area contributed by atoms with Crippen LogP contribution in [0.1, 0.15) is 32.7 Å². The number of thiazole rings is 1. The summed E-state index contributed by atoms with van der Waals surface area (Å²) in [6.07, 6.45) is -3.38. The van der Waals surface area contributed by atoms with Gasteiger partial charge >= 0.3 is 6.18 Å². The van der Waals surface area contributed by atoms with Gasteiger partial charge in [0.25, 0.3) is 11.5 Å². The van der Waals surface area contributed by atoms with Crippen LogP contribution in [0.3, 0.4) is 0 Å². The van der Waals surface area contributed by atoms with Gasteiger partial charge in [-0.3, -0.25) is 19.0 Å². The molecule has 3 aromatic rings. The maximum atomic E-state index is 13.3. The fourth-order valence-corrected chi connectivity index (χ4v) is 3.54. The molecule has 1 unspecified atom stereocenters. The van der Waals surface area contributed by atoms with Gasteiger partial charge < -0.3 is 11.1 Å². The molecule has 7 nitrogen and oxygen atoms in total. The number of aromatic nitrogens is 2. The Labute approximate surface area is 172 Å². The van der Waals surface area contributed by atoms with E-state index in [4.69, 9.17) is 5.73 Å². The topological polar surface area (TPSA) is 107 Å². The molecule has 0 saturated heterocycles. The highest BCUT2D eigenvalue weighted by Gasteiger charge is 2.36. The van der Waals surface area contributed by atoms with Crippen LogP contribution in [0, 0.1) is 0 Å². The lowest BCUT2D eigenvalue weighted by Crippen LogP contribution is -2.39. The predicted octanol–water partition coefficient (Wildman–Crippen LogP) is 2.33. The third kappa shape index (κ3) is 4.57. The van der Waals surface area contributed by atoms with Gasteiger partial charge in [-0.15, -0.1) is 11.3 Å². The first-order chi connectivity index (χ1) is 14.2. The monoisotopic (exact) mass is 436 g/mol. The summed E-state index contributed by atoms with van der Waals surface area (Å²) in [6.45, 7) is -0.955. The first-order valence-corrected chi connectivity index (χ1v) is 9.41. The Morgan fingerprint density at radius 1 is 1.17 bits per heavy atom. The summed E-state index contributed by atoms with van der Waals surface area (Å²) < 4.78 is 40.2. The Morgan fingerprint density at radius 2 is 1.87 bits per heavy atom. The number of nitrogens with one attached hydrogen (secondary N) is 1. The minimum absolute atomic E-state index is 0.194. The Kier molecular flexibility index (Phi) is 6.01. The quantitative estimate of drug-likeness (QED) is 0.618. The Bertz CT molecular complexity index is 1110. The van der Waals surface area contributed by atoms with Gasteiger partial charge in [-0.1, -0.05) is 30.3 Å². The summed E-state index contributed by atoms with van der Waals surface area (Å²) in [5.74, 6) is -2.05. The highest BCUT2D eigenvalue weighted by molar-refractivity contribution is 7.09. The van der Waals surface area contributed by atoms with E-state index in [0.29, 0.717) is 22.7 Å². The zero-order valence-corrected chi connectivity index (χ0v) is 16.0. The fourth-order valence-electron chi connectivity index (χ4n) is 2.83. The second kappa shape index (κ2) is 8.49. The zero-order chi connectivity index (χ0) is 21.9. The molecule has 0 radical (unpaired) electrons. The summed E-state index contributed by atoms with van der Waals surface area (Å²) >= 11 is 1.26. The van der Waals surface area contributed by atoms with E-state index in [-0.39, 0.29) is 4.57 Å². The Hall–Kier alpha value is -3.47. The Morgan fingerprint density at radius 3 is 2.43 bits per heavy atom. The van der Waals surface area contributed by atoms with E-state index in [1.165, 1.54) is 17.5 Å². The summed E-state index contributed by atoms with van der Waals surface area (Å²) in [5.41, 5.74) is 2.42. The van der Waals surface area contributed by atoms with E-state index in [0.717, 1.165) is 0 Å². The molecular formula is C19H15F3N4O3S. The molecule has 2 aromatic heterocycles. The van der Waals surface area contributed by atoms with Crippen molar-refractivity contribution in [1.29, 1.82) is 0 Å². The zero-order valence-electron chi connectivity index (χ0n) is 15.2. The van der Waals surface area contributed by atoms with Crippen LogP contribution < -0.4 is 16.6 Å². The van der Waals surface area contributed by atoms with E-state index in [1.54, 1.807) is 35.7 Å². The van der Waals surface area contributed by atoms with Gasteiger partial charge in [0, 0.05) is 11.6 Å². The number of hydrogen-bond donors (Lipinski definition) is 2. The molecule has 1 aromatic carbocycles. The molecule has 2 amide bonds. The number of carbonyl (C=O) groups is 2. The van der Waals surface area contributed by atoms with Crippen LogP contribution in [-0.2, 0) is 17.5 Å². The fraction of sp³-hybridized carbons (Fsp3) is 0.158. The first-order valence-electron chi connectivity index (χ1n) is 8.53. The highest BCUT2D eigenvalue weighted by atomic mass is 32.1. The molecule has 0 saturated carbocycles. The second-order valence-corrected chi connectivity index (χ2v) is 7.09. The molecule has 0 fully saturated rings. The maximum Gasteiger partial charge on any atom is 0.431 e. The highest BCUT2D eigenvalue weighted by Crippen LogP contribution is 2.29. The molecule has 0 aliphatic carbocycles. The number of nitrogens with two attached hydrogens (primary N) is 1. The number of halogens is 3. The number of benzene rings is 1. The minimum Gasteiger partial charge on any atom is -0.365 e. The van der Waals surface area contributed by atoms with Gasteiger partial charge in [0.05, 0.1) is 0 Å². The van der Waals surface area contributed by atoms with E-state index in [9.17, 15) is 27.6 Å². The summed E-state index contributed by atoms with van der Waals surface area (Å²) in [6, 6.07) is 9.24. The van der Waals surface area contributed by atoms with Crippen LogP contribution in [0.2, 0.25) is 0 Å². The largest absolute Gasteiger partial charge is 0.431 e. The lowest BCUT2D eigenvalue weighted by atomic mass is 10.1. The normalized spacial score (nSPS) is 12.4. The minimum atomic E-state index is -4.91. The first kappa shape index (κ1) is 21.2. The Balaban J connectivity index is 1.96. The van der Waals surface area contributed by atoms with E-state index < -0.39 is 47.4 Å². The molecule has 0 aliphatic heterocycles. The third-order valence-electron chi connectivity index (χ3n) is 4.17. The molecule has 11 heteroatoms. The van der Waals surface area contributed by atoms with Gasteiger partial charge in [0.1, 0.15) is 28.9 Å². The number of pyridine rings is 1. The van der Waals surface area contributed by atoms with Crippen molar-refractivity contribution < 1.29 is 22.8 Å². The summed E-state index contributed by atoms with van der Waals surface area (Å²) in [5, 5.41) is 4.82. The molecule has 156 valence electrons. The van der Waals surface area contributed by atoms with Crippen molar-refractivity contribution in [3.8, 4) is 0 Å². The molecular weight excluding hydrogens is 421 g/mol. The van der Waals surface area contributed by atoms with Crippen molar-refractivity contribution in [2.45, 2.75) is 18.8 Å². The van der Waals surface area contributed by atoms with Gasteiger partial charge in [-0.05, 0) is 17.7 Å². The van der Waals surface area contributed by atoms with Gasteiger partial charge in [0.15, 0.2) is 0 Å². The van der Waals surface area contributed by atoms with Crippen molar-refractivity contribution >= 4 is 23.2 Å². The molecule has 2 heterocycles. The average Bonchev–Trinajstić information content (AvgIpc) is 3.21. The number of alkyl halides is 3. The molecule has 0 bridgehead atoms. The van der Waals surface area contributed by atoms with Crippen molar-refractivity contribution in [3.05, 3.63) is 86.2 Å². The molecule has 3 rings (SSSR count). The summed E-state index contributed by atoms with van der Waals surface area (Å²) in [7, 11) is 0. The van der Waals surface area contributed by atoms with Crippen molar-refractivity contribution in [2.75, 3.05) is 0 Å². The van der Waals surface area contributed by atoms with Crippen LogP contribution in [-0.4, -0.2) is 21.4 Å². The number of rotatable bonds is 6. The number of nitrogens with zero attached hydrogens (tertiary/aromatic N) is 2. The predicted molar refractivity (Wildman–Crippen MR) is 103 cm³/mol. The molecule has 3 N–H and O–H groups in total. The average molecular weight is 436 g/mol. The van der Waals surface area contributed by atoms with Crippen molar-refractivity contribution in [2.24, 2.45) is 5.73 Å². The van der Waals surface area contributed by atoms with Gasteiger partial charge in [-0.25, -0.2) is 4.98 Å². The van der Waals surface area contributed by atoms with Gasteiger partial charge in [-0.2, -0.15) is 13.2 Å². The standard InChI is InChI=1S/C19H15F3N4O3S/c20-19(21,22)13-7-6-12(16(23)28)18(29)26(13)10-14(27)25-15(17-24-8-9-30-17)11-4-2-1-3-5-11/h1-9,15H,10H2,(H2,23,28)(H,25,27). The molecule has 30 heavy (non-hydrogen) atoms. The number of primary amides is 1. The van der Waals surface area contributed by atoms with Gasteiger partial charge in [0.2, 0.25) is 5.91 Å². The second-order valence-electron chi connectivity index (χ2n) is 6.17. The smallest absolute Gasteiger partial charge is 0.365 e. The maximum absolute atomic E-state index is 13.3. The lowest BCUT2D eigenvalue weighted by molar-refractivity contribution is -0.144. The van der Waals surface area contributed by atoms with Crippen LogP contribution in [0.15, 0.2) is 58.8 Å². The van der Waals surface area contributed by atoms with Crippen molar-refractivity contribution in [1.82, 2.24) is 14.9 Å². The number of amides is 2. The van der Waals surface area contributed by atoms with E-state index in [2.05, 4.69) is 10.3 Å². The molecule has 0 spiro atoms. The van der Waals surface area contributed by atoms with Crippen LogP contribution >= 0.6 is 11.3 Å². The van der Waals surface area contributed by atoms with Crippen molar-refractivity contribution in [3.63, 3.8) is 0 Å². The molecule has 0 aliphatic rings. The number of carbonyl (C=O) groups excluding carboxylic acids is 2. The summed E-state index contributed by atoms with van der Waals surface area (Å²) in [4.78, 5) is 40.5. The number of hydrogen-bond acceptors (Lipinski definition) is 5. The van der Waals surface area contributed by atoms with E-state index in [1.807, 2.05) is 0 Å². The van der Waals surface area contributed by atoms with Crippen LogP contribution in [0.25, 0.3) is 0 Å². The van der Waals surface area contributed by atoms with Crippen LogP contribution in [0.4, 0.5) is 13.2 Å². The molecule has 1 atom stereocenters.